The van der Waals surface area contributed by atoms with Crippen LogP contribution in [0.1, 0.15) is 22.3 Å². The van der Waals surface area contributed by atoms with Crippen LogP contribution >= 0.6 is 0 Å². The zero-order chi connectivity index (χ0) is 31.1. The van der Waals surface area contributed by atoms with Gasteiger partial charge in [0.15, 0.2) is 0 Å². The fourth-order valence-corrected chi connectivity index (χ4v) is 8.28. The topological polar surface area (TPSA) is 29.0 Å². The summed E-state index contributed by atoms with van der Waals surface area (Å²) >= 11 is 0. The second-order valence-electron chi connectivity index (χ2n) is 12.7. The third-order valence-electron chi connectivity index (χ3n) is 10.3. The van der Waals surface area contributed by atoms with Crippen molar-refractivity contribution in [2.75, 3.05) is 11.4 Å². The lowest BCUT2D eigenvalue weighted by atomic mass is 9.64. The van der Waals surface area contributed by atoms with Crippen LogP contribution < -0.4 is 4.90 Å². The van der Waals surface area contributed by atoms with Gasteiger partial charge in [-0.2, -0.15) is 0 Å². The van der Waals surface area contributed by atoms with Crippen LogP contribution in [-0.2, 0) is 5.41 Å². The van der Waals surface area contributed by atoms with Gasteiger partial charge in [0, 0.05) is 46.0 Å². The van der Waals surface area contributed by atoms with E-state index in [-0.39, 0.29) is 0 Å². The third-order valence-corrected chi connectivity index (χ3v) is 10.3. The van der Waals surface area contributed by atoms with E-state index in [1.165, 1.54) is 39.1 Å². The molecule has 1 aliphatic carbocycles. The maximum Gasteiger partial charge on any atom is 0.0972 e. The van der Waals surface area contributed by atoms with Crippen molar-refractivity contribution in [2.24, 2.45) is 0 Å². The van der Waals surface area contributed by atoms with E-state index in [4.69, 9.17) is 9.97 Å². The van der Waals surface area contributed by atoms with Gasteiger partial charge in [0.05, 0.1) is 22.1 Å². The van der Waals surface area contributed by atoms with Gasteiger partial charge < -0.3 is 4.90 Å². The zero-order valence-corrected chi connectivity index (χ0v) is 25.7. The minimum atomic E-state index is -0.431. The van der Waals surface area contributed by atoms with Crippen molar-refractivity contribution in [1.82, 2.24) is 9.97 Å². The Hall–Kier alpha value is -6.06. The molecule has 3 nitrogen and oxygen atoms in total. The quantitative estimate of drug-likeness (QED) is 0.176. The fourth-order valence-electron chi connectivity index (χ4n) is 8.28. The van der Waals surface area contributed by atoms with E-state index in [0.29, 0.717) is 0 Å². The first-order valence-corrected chi connectivity index (χ1v) is 16.1. The molecule has 0 N–H and O–H groups in total. The lowest BCUT2D eigenvalue weighted by Gasteiger charge is -2.46. The standard InChI is InChI=1S/C44H29N3/c1-28-10-8-12-32-27-47(40-18-7-4-13-33(28)40)41-26-31(39-24-22-30-20-19-29-11-9-25-45-42(29)43(30)46-39)21-23-38(41)44(32)36-16-5-2-14-34(36)35-15-3-6-17-37(35)44/h2-26H,1,27H2/b10-8-,32-12+. The number of hydrogen-bond donors (Lipinski definition) is 0. The van der Waals surface area contributed by atoms with Gasteiger partial charge in [0.25, 0.3) is 0 Å². The second kappa shape index (κ2) is 9.72. The minimum Gasteiger partial charge on any atom is -0.336 e. The number of hydrogen-bond acceptors (Lipinski definition) is 3. The summed E-state index contributed by atoms with van der Waals surface area (Å²) in [6.45, 7) is 5.23. The molecule has 5 aromatic carbocycles. The molecule has 10 rings (SSSR count). The van der Waals surface area contributed by atoms with E-state index in [1.54, 1.807) is 0 Å². The SMILES string of the molecule is C=C1/C=C\C=C2/CN(c3ccccc31)c1cc(-c3ccc4ccc5cccnc5c4n3)ccc1C21c2ccccc2-c2ccccc21. The summed E-state index contributed by atoms with van der Waals surface area (Å²) in [5.41, 5.74) is 15.8. The highest BCUT2D eigenvalue weighted by Gasteiger charge is 2.51. The van der Waals surface area contributed by atoms with Crippen LogP contribution in [0.25, 0.3) is 49.8 Å². The molecule has 0 amide bonds. The Labute approximate surface area is 273 Å². The first-order valence-electron chi connectivity index (χ1n) is 16.1. The first-order chi connectivity index (χ1) is 23.2. The number of para-hydroxylation sites is 1. The van der Waals surface area contributed by atoms with E-state index < -0.39 is 5.41 Å². The average molecular weight is 600 g/mol. The lowest BCUT2D eigenvalue weighted by molar-refractivity contribution is 0.691. The molecule has 2 aromatic heterocycles. The van der Waals surface area contributed by atoms with Crippen LogP contribution in [0.3, 0.4) is 0 Å². The molecule has 4 heterocycles. The largest absolute Gasteiger partial charge is 0.336 e. The van der Waals surface area contributed by atoms with Gasteiger partial charge >= 0.3 is 0 Å². The number of rotatable bonds is 1. The van der Waals surface area contributed by atoms with Crippen LogP contribution in [0, 0.1) is 0 Å². The normalized spacial score (nSPS) is 17.1. The summed E-state index contributed by atoms with van der Waals surface area (Å²) in [4.78, 5) is 12.5. The molecule has 3 heteroatoms. The molecular weight excluding hydrogens is 571 g/mol. The number of fused-ring (bicyclic) bond motifs is 16. The van der Waals surface area contributed by atoms with Crippen LogP contribution in [-0.4, -0.2) is 16.5 Å². The Balaban J connectivity index is 1.29. The minimum absolute atomic E-state index is 0.431. The summed E-state index contributed by atoms with van der Waals surface area (Å²) in [6.07, 6.45) is 8.53. The van der Waals surface area contributed by atoms with Crippen molar-refractivity contribution in [3.05, 3.63) is 186 Å². The molecule has 0 saturated heterocycles. The molecule has 3 aliphatic rings. The van der Waals surface area contributed by atoms with E-state index in [0.717, 1.165) is 56.4 Å². The van der Waals surface area contributed by atoms with Crippen LogP contribution in [0.15, 0.2) is 164 Å². The van der Waals surface area contributed by atoms with Gasteiger partial charge in [0.1, 0.15) is 0 Å². The highest BCUT2D eigenvalue weighted by atomic mass is 15.2. The third kappa shape index (κ3) is 3.57. The Bertz CT molecular complexity index is 2490. The van der Waals surface area contributed by atoms with Crippen molar-refractivity contribution in [3.63, 3.8) is 0 Å². The Morgan fingerprint density at radius 3 is 2.13 bits per heavy atom. The van der Waals surface area contributed by atoms with Gasteiger partial charge in [-0.15, -0.1) is 0 Å². The second-order valence-corrected chi connectivity index (χ2v) is 12.7. The average Bonchev–Trinajstić information content (AvgIpc) is 3.45. The van der Waals surface area contributed by atoms with Gasteiger partial charge in [-0.25, -0.2) is 4.98 Å². The first kappa shape index (κ1) is 26.2. The van der Waals surface area contributed by atoms with Crippen molar-refractivity contribution in [1.29, 1.82) is 0 Å². The van der Waals surface area contributed by atoms with Gasteiger partial charge in [-0.3, -0.25) is 4.98 Å². The number of aromatic nitrogens is 2. The van der Waals surface area contributed by atoms with Crippen LogP contribution in [0.5, 0.6) is 0 Å². The molecule has 0 unspecified atom stereocenters. The van der Waals surface area contributed by atoms with Crippen molar-refractivity contribution in [2.45, 2.75) is 5.41 Å². The number of benzene rings is 5. The predicted octanol–water partition coefficient (Wildman–Crippen LogP) is 10.4. The summed E-state index contributed by atoms with van der Waals surface area (Å²) < 4.78 is 0. The van der Waals surface area contributed by atoms with Crippen molar-refractivity contribution >= 4 is 38.8 Å². The van der Waals surface area contributed by atoms with Crippen LogP contribution in [0.2, 0.25) is 0 Å². The Morgan fingerprint density at radius 2 is 1.32 bits per heavy atom. The smallest absolute Gasteiger partial charge is 0.0972 e. The summed E-state index contributed by atoms with van der Waals surface area (Å²) in [5, 5.41) is 2.18. The number of anilines is 2. The van der Waals surface area contributed by atoms with Crippen molar-refractivity contribution in [3.8, 4) is 22.4 Å². The Kier molecular flexibility index (Phi) is 5.41. The number of pyridine rings is 2. The zero-order valence-electron chi connectivity index (χ0n) is 25.7. The Morgan fingerprint density at radius 1 is 0.617 bits per heavy atom. The highest BCUT2D eigenvalue weighted by molar-refractivity contribution is 6.03. The molecule has 0 fully saturated rings. The molecule has 2 aliphatic heterocycles. The fraction of sp³-hybridized carbons (Fsp3) is 0.0455. The summed E-state index contributed by atoms with van der Waals surface area (Å²) in [6, 6.07) is 46.2. The summed E-state index contributed by atoms with van der Waals surface area (Å²) in [5.74, 6) is 0. The molecule has 7 aromatic rings. The molecule has 1 spiro atoms. The molecule has 0 radical (unpaired) electrons. The molecule has 0 saturated carbocycles. The molecule has 2 bridgehead atoms. The van der Waals surface area contributed by atoms with E-state index >= 15 is 0 Å². The monoisotopic (exact) mass is 599 g/mol. The number of allylic oxidation sites excluding steroid dienone is 4. The maximum atomic E-state index is 5.25. The maximum absolute atomic E-state index is 5.25. The van der Waals surface area contributed by atoms with Crippen LogP contribution in [0.4, 0.5) is 11.4 Å². The molecule has 0 atom stereocenters. The summed E-state index contributed by atoms with van der Waals surface area (Å²) in [7, 11) is 0. The van der Waals surface area contributed by atoms with Gasteiger partial charge in [-0.05, 0) is 63.2 Å². The van der Waals surface area contributed by atoms with E-state index in [1.807, 2.05) is 12.3 Å². The van der Waals surface area contributed by atoms with E-state index in [2.05, 4.69) is 151 Å². The van der Waals surface area contributed by atoms with E-state index in [9.17, 15) is 0 Å². The van der Waals surface area contributed by atoms with Gasteiger partial charge in [-0.1, -0.05) is 128 Å². The number of nitrogens with zero attached hydrogens (tertiary/aromatic N) is 3. The highest BCUT2D eigenvalue weighted by Crippen LogP contribution is 2.61. The molecular formula is C44H29N3. The van der Waals surface area contributed by atoms with Crippen molar-refractivity contribution < 1.29 is 0 Å². The molecule has 47 heavy (non-hydrogen) atoms. The molecule has 220 valence electrons. The van der Waals surface area contributed by atoms with Gasteiger partial charge in [0.2, 0.25) is 0 Å². The predicted molar refractivity (Wildman–Crippen MR) is 194 cm³/mol. The lowest BCUT2D eigenvalue weighted by Crippen LogP contribution is -2.41.